The Morgan fingerprint density at radius 3 is 2.78 bits per heavy atom. The number of ether oxygens (including phenoxy) is 3. The summed E-state index contributed by atoms with van der Waals surface area (Å²) in [5.41, 5.74) is 0.693. The van der Waals surface area contributed by atoms with Crippen LogP contribution < -0.4 is 4.90 Å². The van der Waals surface area contributed by atoms with Crippen molar-refractivity contribution in [2.75, 3.05) is 71.2 Å². The Morgan fingerprint density at radius 2 is 2.00 bits per heavy atom. The first-order valence-electron chi connectivity index (χ1n) is 8.14. The summed E-state index contributed by atoms with van der Waals surface area (Å²) in [6.07, 6.45) is 0. The van der Waals surface area contributed by atoms with E-state index in [0.717, 1.165) is 38.4 Å². The molecule has 1 spiro atoms. The van der Waals surface area contributed by atoms with Crippen LogP contribution in [0.25, 0.3) is 0 Å². The maximum absolute atomic E-state index is 13.1. The molecule has 0 N–H and O–H groups in total. The second-order valence-corrected chi connectivity index (χ2v) is 6.25. The van der Waals surface area contributed by atoms with Gasteiger partial charge in [-0.05, 0) is 24.3 Å². The van der Waals surface area contributed by atoms with E-state index in [4.69, 9.17) is 14.2 Å². The SMILES string of the molecule is COCCN1CCOCC2(C1)CN(c1ccc(F)cc1)CCO2. The molecule has 2 saturated heterocycles. The average molecular weight is 324 g/mol. The standard InChI is InChI=1S/C17H25FN2O3/c1-21-9-6-19-7-10-22-14-17(12-19)13-20(8-11-23-17)16-4-2-15(18)3-5-16/h2-5H,6-14H2,1H3. The Bertz CT molecular complexity index is 499. The summed E-state index contributed by atoms with van der Waals surface area (Å²) in [5.74, 6) is -0.208. The zero-order valence-electron chi connectivity index (χ0n) is 13.7. The molecule has 2 aliphatic heterocycles. The van der Waals surface area contributed by atoms with E-state index < -0.39 is 0 Å². The molecular formula is C17H25FN2O3. The van der Waals surface area contributed by atoms with Crippen molar-refractivity contribution in [1.29, 1.82) is 0 Å². The van der Waals surface area contributed by atoms with Crippen molar-refractivity contribution in [2.24, 2.45) is 0 Å². The van der Waals surface area contributed by atoms with Gasteiger partial charge >= 0.3 is 0 Å². The lowest BCUT2D eigenvalue weighted by molar-refractivity contribution is -0.100. The third kappa shape index (κ3) is 4.20. The highest BCUT2D eigenvalue weighted by Gasteiger charge is 2.40. The molecule has 128 valence electrons. The van der Waals surface area contributed by atoms with E-state index in [1.54, 1.807) is 7.11 Å². The molecule has 2 aliphatic rings. The van der Waals surface area contributed by atoms with Gasteiger partial charge in [0.1, 0.15) is 11.4 Å². The van der Waals surface area contributed by atoms with Crippen molar-refractivity contribution in [2.45, 2.75) is 5.60 Å². The fourth-order valence-electron chi connectivity index (χ4n) is 3.30. The minimum absolute atomic E-state index is 0.208. The monoisotopic (exact) mass is 324 g/mol. The molecule has 0 amide bonds. The number of methoxy groups -OCH3 is 1. The predicted octanol–water partition coefficient (Wildman–Crippen LogP) is 1.38. The maximum atomic E-state index is 13.1. The van der Waals surface area contributed by atoms with E-state index >= 15 is 0 Å². The van der Waals surface area contributed by atoms with Crippen LogP contribution in [0.2, 0.25) is 0 Å². The Labute approximate surface area is 136 Å². The van der Waals surface area contributed by atoms with Crippen LogP contribution in [-0.2, 0) is 14.2 Å². The Morgan fingerprint density at radius 1 is 1.17 bits per heavy atom. The number of benzene rings is 1. The number of anilines is 1. The highest BCUT2D eigenvalue weighted by atomic mass is 19.1. The lowest BCUT2D eigenvalue weighted by Crippen LogP contribution is -2.59. The minimum atomic E-state index is -0.336. The summed E-state index contributed by atoms with van der Waals surface area (Å²) in [5, 5.41) is 0. The third-order valence-electron chi connectivity index (χ3n) is 4.48. The quantitative estimate of drug-likeness (QED) is 0.836. The zero-order valence-corrected chi connectivity index (χ0v) is 13.7. The normalized spacial score (nSPS) is 26.4. The molecule has 1 aromatic carbocycles. The van der Waals surface area contributed by atoms with E-state index in [-0.39, 0.29) is 11.4 Å². The molecule has 23 heavy (non-hydrogen) atoms. The van der Waals surface area contributed by atoms with E-state index in [2.05, 4.69) is 9.80 Å². The van der Waals surface area contributed by atoms with Gasteiger partial charge < -0.3 is 19.1 Å². The van der Waals surface area contributed by atoms with Crippen LogP contribution >= 0.6 is 0 Å². The summed E-state index contributed by atoms with van der Waals surface area (Å²) in [6.45, 7) is 6.82. The van der Waals surface area contributed by atoms with Crippen LogP contribution in [0.3, 0.4) is 0 Å². The van der Waals surface area contributed by atoms with E-state index in [0.29, 0.717) is 26.4 Å². The molecule has 2 fully saturated rings. The van der Waals surface area contributed by atoms with Crippen molar-refractivity contribution in [3.63, 3.8) is 0 Å². The first-order valence-corrected chi connectivity index (χ1v) is 8.14. The van der Waals surface area contributed by atoms with Crippen LogP contribution in [-0.4, -0.2) is 76.8 Å². The molecule has 2 heterocycles. The van der Waals surface area contributed by atoms with Gasteiger partial charge in [0.05, 0.1) is 33.0 Å². The first-order chi connectivity index (χ1) is 11.2. The fraction of sp³-hybridized carbons (Fsp3) is 0.647. The highest BCUT2D eigenvalue weighted by molar-refractivity contribution is 5.47. The van der Waals surface area contributed by atoms with E-state index in [1.807, 2.05) is 12.1 Å². The number of rotatable bonds is 4. The molecule has 1 aromatic rings. The molecule has 0 bridgehead atoms. The van der Waals surface area contributed by atoms with E-state index in [9.17, 15) is 4.39 Å². The van der Waals surface area contributed by atoms with Gasteiger partial charge in [-0.25, -0.2) is 4.39 Å². The zero-order chi connectivity index (χ0) is 16.1. The van der Waals surface area contributed by atoms with Crippen molar-refractivity contribution in [3.8, 4) is 0 Å². The second kappa shape index (κ2) is 7.57. The largest absolute Gasteiger partial charge is 0.383 e. The van der Waals surface area contributed by atoms with Gasteiger partial charge in [0, 0.05) is 39.0 Å². The molecule has 6 heteroatoms. The fourth-order valence-corrected chi connectivity index (χ4v) is 3.30. The summed E-state index contributed by atoms with van der Waals surface area (Å²) >= 11 is 0. The molecule has 5 nitrogen and oxygen atoms in total. The average Bonchev–Trinajstić information content (AvgIpc) is 2.76. The molecule has 3 rings (SSSR count). The van der Waals surface area contributed by atoms with Crippen LogP contribution in [0.1, 0.15) is 0 Å². The minimum Gasteiger partial charge on any atom is -0.383 e. The van der Waals surface area contributed by atoms with Crippen molar-refractivity contribution in [1.82, 2.24) is 4.90 Å². The topological polar surface area (TPSA) is 34.2 Å². The predicted molar refractivity (Wildman–Crippen MR) is 86.4 cm³/mol. The van der Waals surface area contributed by atoms with Crippen molar-refractivity contribution >= 4 is 5.69 Å². The van der Waals surface area contributed by atoms with Crippen LogP contribution in [0.4, 0.5) is 10.1 Å². The molecular weight excluding hydrogens is 299 g/mol. The maximum Gasteiger partial charge on any atom is 0.123 e. The van der Waals surface area contributed by atoms with E-state index in [1.165, 1.54) is 12.1 Å². The number of morpholine rings is 1. The summed E-state index contributed by atoms with van der Waals surface area (Å²) in [4.78, 5) is 4.59. The third-order valence-corrected chi connectivity index (χ3v) is 4.48. The van der Waals surface area contributed by atoms with Gasteiger partial charge in [0.2, 0.25) is 0 Å². The number of halogens is 1. The summed E-state index contributed by atoms with van der Waals surface area (Å²) < 4.78 is 30.3. The van der Waals surface area contributed by atoms with Gasteiger partial charge in [-0.15, -0.1) is 0 Å². The van der Waals surface area contributed by atoms with Gasteiger partial charge in [0.15, 0.2) is 0 Å². The molecule has 0 saturated carbocycles. The summed E-state index contributed by atoms with van der Waals surface area (Å²) in [7, 11) is 1.72. The number of hydrogen-bond acceptors (Lipinski definition) is 5. The van der Waals surface area contributed by atoms with Gasteiger partial charge in [-0.3, -0.25) is 4.90 Å². The summed E-state index contributed by atoms with van der Waals surface area (Å²) in [6, 6.07) is 6.67. The van der Waals surface area contributed by atoms with Crippen molar-refractivity contribution in [3.05, 3.63) is 30.1 Å². The molecule has 1 unspecified atom stereocenters. The molecule has 0 radical (unpaired) electrons. The van der Waals surface area contributed by atoms with Gasteiger partial charge in [0.25, 0.3) is 0 Å². The van der Waals surface area contributed by atoms with Gasteiger partial charge in [-0.1, -0.05) is 0 Å². The lowest BCUT2D eigenvalue weighted by Gasteiger charge is -2.44. The highest BCUT2D eigenvalue weighted by Crippen LogP contribution is 2.26. The Hall–Kier alpha value is -1.21. The van der Waals surface area contributed by atoms with Gasteiger partial charge in [-0.2, -0.15) is 0 Å². The molecule has 0 aliphatic carbocycles. The molecule has 0 aromatic heterocycles. The molecule has 1 atom stereocenters. The smallest absolute Gasteiger partial charge is 0.123 e. The first kappa shape index (κ1) is 16.6. The second-order valence-electron chi connectivity index (χ2n) is 6.25. The number of hydrogen-bond donors (Lipinski definition) is 0. The lowest BCUT2D eigenvalue weighted by atomic mass is 10.0. The number of nitrogens with zero attached hydrogens (tertiary/aromatic N) is 2. The van der Waals surface area contributed by atoms with Crippen LogP contribution in [0.5, 0.6) is 0 Å². The Kier molecular flexibility index (Phi) is 5.48. The van der Waals surface area contributed by atoms with Crippen LogP contribution in [0.15, 0.2) is 24.3 Å². The van der Waals surface area contributed by atoms with Crippen LogP contribution in [0, 0.1) is 5.82 Å². The van der Waals surface area contributed by atoms with Crippen molar-refractivity contribution < 1.29 is 18.6 Å². The Balaban J connectivity index is 1.70.